The molecule has 0 bridgehead atoms. The summed E-state index contributed by atoms with van der Waals surface area (Å²) in [6, 6.07) is 3.20. The van der Waals surface area contributed by atoms with E-state index in [9.17, 15) is 8.78 Å². The molecule has 1 aromatic rings. The lowest BCUT2D eigenvalue weighted by Gasteiger charge is -2.03. The second-order valence-electron chi connectivity index (χ2n) is 2.10. The molecule has 6 heteroatoms. The van der Waals surface area contributed by atoms with Gasteiger partial charge in [0.1, 0.15) is 11.8 Å². The average Bonchev–Trinajstić information content (AvgIpc) is 2.03. The van der Waals surface area contributed by atoms with Crippen molar-refractivity contribution >= 4 is 38.5 Å². The Morgan fingerprint density at radius 3 is 2.69 bits per heavy atom. The molecule has 0 atom stereocenters. The van der Waals surface area contributed by atoms with Gasteiger partial charge in [0.05, 0.1) is 3.57 Å². The van der Waals surface area contributed by atoms with Gasteiger partial charge < -0.3 is 0 Å². The molecule has 0 saturated heterocycles. The first-order valence-electron chi connectivity index (χ1n) is 3.10. The Bertz CT molecular complexity index is 375. The van der Waals surface area contributed by atoms with E-state index in [0.29, 0.717) is 3.57 Å². The molecule has 1 aromatic heterocycles. The summed E-state index contributed by atoms with van der Waals surface area (Å²) in [5.41, 5.74) is -0.365. The van der Waals surface area contributed by atoms with Crippen LogP contribution in [-0.4, -0.2) is 4.98 Å². The quantitative estimate of drug-likeness (QED) is 0.722. The molecule has 0 spiro atoms. The third kappa shape index (κ3) is 2.34. The molecule has 2 nitrogen and oxygen atoms in total. The number of alkyl halides is 2. The molecule has 0 aliphatic heterocycles. The molecule has 0 aliphatic carbocycles. The summed E-state index contributed by atoms with van der Waals surface area (Å²) in [6.45, 7) is 0. The third-order valence-electron chi connectivity index (χ3n) is 1.27. The molecular formula is C7H2BrF2IN2. The van der Waals surface area contributed by atoms with Gasteiger partial charge in [0, 0.05) is 4.47 Å². The van der Waals surface area contributed by atoms with Crippen molar-refractivity contribution in [3.05, 3.63) is 25.5 Å². The van der Waals surface area contributed by atoms with Crippen LogP contribution in [0.4, 0.5) is 8.78 Å². The minimum Gasteiger partial charge on any atom is -0.234 e. The van der Waals surface area contributed by atoms with E-state index in [1.54, 1.807) is 6.07 Å². The van der Waals surface area contributed by atoms with Crippen LogP contribution in [0.25, 0.3) is 0 Å². The standard InChI is InChI=1S/C7H2BrF2IN2/c8-3-1-4(11)5(2-12)13-6(3)7(9)10/h1,7H. The van der Waals surface area contributed by atoms with Crippen molar-refractivity contribution in [2.75, 3.05) is 0 Å². The highest BCUT2D eigenvalue weighted by Crippen LogP contribution is 2.27. The summed E-state index contributed by atoms with van der Waals surface area (Å²) in [7, 11) is 0. The van der Waals surface area contributed by atoms with Gasteiger partial charge in [-0.25, -0.2) is 13.8 Å². The molecule has 0 saturated carbocycles. The number of nitriles is 1. The Kier molecular flexibility index (Phi) is 3.55. The summed E-state index contributed by atoms with van der Waals surface area (Å²) in [5.74, 6) is 0. The topological polar surface area (TPSA) is 36.7 Å². The minimum atomic E-state index is -2.67. The maximum atomic E-state index is 12.3. The van der Waals surface area contributed by atoms with Crippen LogP contribution in [0, 0.1) is 14.9 Å². The number of hydrogen-bond donors (Lipinski definition) is 0. The highest BCUT2D eigenvalue weighted by Gasteiger charge is 2.16. The van der Waals surface area contributed by atoms with Crippen LogP contribution >= 0.6 is 38.5 Å². The van der Waals surface area contributed by atoms with Crippen molar-refractivity contribution in [1.82, 2.24) is 4.98 Å². The number of hydrogen-bond acceptors (Lipinski definition) is 2. The zero-order chi connectivity index (χ0) is 10.0. The van der Waals surface area contributed by atoms with E-state index >= 15 is 0 Å². The van der Waals surface area contributed by atoms with Crippen LogP contribution < -0.4 is 0 Å². The number of aromatic nitrogens is 1. The Morgan fingerprint density at radius 2 is 2.23 bits per heavy atom. The van der Waals surface area contributed by atoms with Crippen molar-refractivity contribution < 1.29 is 8.78 Å². The summed E-state index contributed by atoms with van der Waals surface area (Å²) < 4.78 is 25.3. The molecule has 1 rings (SSSR count). The molecule has 68 valence electrons. The zero-order valence-electron chi connectivity index (χ0n) is 6.06. The predicted octanol–water partition coefficient (Wildman–Crippen LogP) is 3.26. The largest absolute Gasteiger partial charge is 0.281 e. The van der Waals surface area contributed by atoms with E-state index in [4.69, 9.17) is 5.26 Å². The van der Waals surface area contributed by atoms with E-state index in [0.717, 1.165) is 0 Å². The van der Waals surface area contributed by atoms with Gasteiger partial charge in [0.2, 0.25) is 0 Å². The van der Waals surface area contributed by atoms with Gasteiger partial charge in [-0.15, -0.1) is 0 Å². The first-order chi connectivity index (χ1) is 6.06. The van der Waals surface area contributed by atoms with Crippen LogP contribution in [0.5, 0.6) is 0 Å². The van der Waals surface area contributed by atoms with Crippen LogP contribution in [-0.2, 0) is 0 Å². The van der Waals surface area contributed by atoms with E-state index in [1.165, 1.54) is 6.07 Å². The number of rotatable bonds is 1. The molecule has 1 heterocycles. The van der Waals surface area contributed by atoms with Crippen molar-refractivity contribution in [3.8, 4) is 6.07 Å². The molecule has 0 N–H and O–H groups in total. The molecule has 0 aliphatic rings. The minimum absolute atomic E-state index is 0.0269. The molecule has 13 heavy (non-hydrogen) atoms. The van der Waals surface area contributed by atoms with Gasteiger partial charge in [0.15, 0.2) is 5.69 Å². The number of halogens is 4. The van der Waals surface area contributed by atoms with Gasteiger partial charge in [-0.2, -0.15) is 5.26 Å². The summed E-state index contributed by atoms with van der Waals surface area (Å²) in [4.78, 5) is 3.52. The first-order valence-corrected chi connectivity index (χ1v) is 4.97. The van der Waals surface area contributed by atoms with Gasteiger partial charge in [-0.1, -0.05) is 0 Å². The van der Waals surface area contributed by atoms with Gasteiger partial charge in [0.25, 0.3) is 6.43 Å². The van der Waals surface area contributed by atoms with Crippen molar-refractivity contribution in [2.45, 2.75) is 6.43 Å². The molecule has 0 radical (unpaired) electrons. The first kappa shape index (κ1) is 10.8. The molecule has 0 amide bonds. The second kappa shape index (κ2) is 4.28. The highest BCUT2D eigenvalue weighted by atomic mass is 127. The van der Waals surface area contributed by atoms with Crippen LogP contribution in [0.2, 0.25) is 0 Å². The summed E-state index contributed by atoms with van der Waals surface area (Å²) >= 11 is 4.82. The lowest BCUT2D eigenvalue weighted by Crippen LogP contribution is -1.97. The van der Waals surface area contributed by atoms with E-state index in [-0.39, 0.29) is 10.2 Å². The predicted molar refractivity (Wildman–Crippen MR) is 54.3 cm³/mol. The van der Waals surface area contributed by atoms with Crippen LogP contribution in [0.15, 0.2) is 10.5 Å². The Balaban J connectivity index is 3.33. The summed E-state index contributed by atoms with van der Waals surface area (Å²) in [5, 5.41) is 8.54. The fourth-order valence-electron chi connectivity index (χ4n) is 0.712. The third-order valence-corrected chi connectivity index (χ3v) is 2.73. The summed E-state index contributed by atoms with van der Waals surface area (Å²) in [6.07, 6.45) is -2.67. The van der Waals surface area contributed by atoms with Gasteiger partial charge in [-0.3, -0.25) is 0 Å². The highest BCUT2D eigenvalue weighted by molar-refractivity contribution is 14.1. The molecule has 0 fully saturated rings. The molecule has 0 aromatic carbocycles. The number of nitrogens with zero attached hydrogens (tertiary/aromatic N) is 2. The Hall–Kier alpha value is -0.290. The smallest absolute Gasteiger partial charge is 0.234 e. The Morgan fingerprint density at radius 1 is 1.62 bits per heavy atom. The maximum absolute atomic E-state index is 12.3. The normalized spacial score (nSPS) is 10.2. The fraction of sp³-hybridized carbons (Fsp3) is 0.143. The zero-order valence-corrected chi connectivity index (χ0v) is 9.80. The fourth-order valence-corrected chi connectivity index (χ4v) is 2.18. The van der Waals surface area contributed by atoms with E-state index in [1.807, 2.05) is 22.6 Å². The maximum Gasteiger partial charge on any atom is 0.281 e. The average molecular weight is 359 g/mol. The SMILES string of the molecule is N#Cc1nc(C(F)F)c(Br)cc1I. The van der Waals surface area contributed by atoms with Crippen molar-refractivity contribution in [1.29, 1.82) is 5.26 Å². The monoisotopic (exact) mass is 358 g/mol. The Labute approximate surface area is 95.2 Å². The molecule has 0 unspecified atom stereocenters. The lowest BCUT2D eigenvalue weighted by atomic mass is 10.3. The number of pyridine rings is 1. The van der Waals surface area contributed by atoms with Gasteiger partial charge >= 0.3 is 0 Å². The van der Waals surface area contributed by atoms with Crippen molar-refractivity contribution in [2.24, 2.45) is 0 Å². The van der Waals surface area contributed by atoms with Crippen LogP contribution in [0.3, 0.4) is 0 Å². The second-order valence-corrected chi connectivity index (χ2v) is 4.11. The molecular weight excluding hydrogens is 357 g/mol. The van der Waals surface area contributed by atoms with E-state index < -0.39 is 12.1 Å². The van der Waals surface area contributed by atoms with Gasteiger partial charge in [-0.05, 0) is 44.6 Å². The van der Waals surface area contributed by atoms with Crippen LogP contribution in [0.1, 0.15) is 17.8 Å². The van der Waals surface area contributed by atoms with Crippen molar-refractivity contribution in [3.63, 3.8) is 0 Å². The van der Waals surface area contributed by atoms with E-state index in [2.05, 4.69) is 20.9 Å². The lowest BCUT2D eigenvalue weighted by molar-refractivity contribution is 0.145.